The van der Waals surface area contributed by atoms with Gasteiger partial charge in [0, 0.05) is 13.7 Å². The largest absolute Gasteiger partial charge is 0.375 e. The third kappa shape index (κ3) is 3.83. The maximum Gasteiger partial charge on any atom is 0.240 e. The van der Waals surface area contributed by atoms with Gasteiger partial charge in [0.2, 0.25) is 10.0 Å². The number of fused-ring (bicyclic) bond motifs is 1. The second kappa shape index (κ2) is 7.13. The second-order valence-corrected chi connectivity index (χ2v) is 8.32. The fourth-order valence-corrected chi connectivity index (χ4v) is 4.72. The molecule has 1 N–H and O–H groups in total. The van der Waals surface area contributed by atoms with Crippen molar-refractivity contribution in [3.63, 3.8) is 0 Å². The van der Waals surface area contributed by atoms with Crippen LogP contribution in [0.2, 0.25) is 0 Å². The molecule has 0 unspecified atom stereocenters. The van der Waals surface area contributed by atoms with Gasteiger partial charge >= 0.3 is 0 Å². The van der Waals surface area contributed by atoms with Crippen molar-refractivity contribution in [2.75, 3.05) is 13.7 Å². The molecule has 1 aliphatic rings. The van der Waals surface area contributed by atoms with Gasteiger partial charge < -0.3 is 4.74 Å². The van der Waals surface area contributed by atoms with Gasteiger partial charge in [0.25, 0.3) is 0 Å². The third-order valence-corrected chi connectivity index (χ3v) is 6.41. The van der Waals surface area contributed by atoms with Crippen LogP contribution in [-0.2, 0) is 27.6 Å². The first-order chi connectivity index (χ1) is 11.1. The van der Waals surface area contributed by atoms with Crippen LogP contribution in [0.3, 0.4) is 0 Å². The molecule has 1 aliphatic carbocycles. The normalized spacial score (nSPS) is 16.0. The summed E-state index contributed by atoms with van der Waals surface area (Å²) in [6.07, 6.45) is 4.07. The van der Waals surface area contributed by atoms with Crippen LogP contribution >= 0.6 is 11.3 Å². The fourth-order valence-electron chi connectivity index (χ4n) is 2.94. The van der Waals surface area contributed by atoms with E-state index in [9.17, 15) is 8.42 Å². The van der Waals surface area contributed by atoms with Gasteiger partial charge in [-0.2, -0.15) is 11.3 Å². The van der Waals surface area contributed by atoms with E-state index < -0.39 is 10.0 Å². The molecule has 3 rings (SSSR count). The molecule has 1 aromatic heterocycles. The van der Waals surface area contributed by atoms with E-state index >= 15 is 0 Å². The number of ether oxygens (including phenoxy) is 1. The lowest BCUT2D eigenvalue weighted by atomic mass is 9.92. The first-order valence-corrected chi connectivity index (χ1v) is 10.2. The highest BCUT2D eigenvalue weighted by molar-refractivity contribution is 7.89. The first kappa shape index (κ1) is 16.6. The van der Waals surface area contributed by atoms with E-state index in [1.165, 1.54) is 17.5 Å². The molecule has 0 spiro atoms. The Kier molecular flexibility index (Phi) is 5.16. The van der Waals surface area contributed by atoms with Crippen LogP contribution in [0.4, 0.5) is 0 Å². The standard InChI is InChI=1S/C17H21NO3S2/c1-21-17(15-8-9-22-12-15)11-18-23(19,20)16-7-6-13-4-2-3-5-14(13)10-16/h6-10,12,17-18H,2-5,11H2,1H3/t17-/m1/s1. The molecular formula is C17H21NO3S2. The average Bonchev–Trinajstić information content (AvgIpc) is 3.09. The van der Waals surface area contributed by atoms with Crippen molar-refractivity contribution in [2.45, 2.75) is 36.7 Å². The van der Waals surface area contributed by atoms with Gasteiger partial charge in [-0.3, -0.25) is 0 Å². The van der Waals surface area contributed by atoms with Crippen LogP contribution in [0.5, 0.6) is 0 Å². The van der Waals surface area contributed by atoms with Crippen LogP contribution < -0.4 is 4.72 Å². The van der Waals surface area contributed by atoms with Crippen LogP contribution in [0, 0.1) is 0 Å². The second-order valence-electron chi connectivity index (χ2n) is 5.77. The molecule has 23 heavy (non-hydrogen) atoms. The van der Waals surface area contributed by atoms with Crippen molar-refractivity contribution in [2.24, 2.45) is 0 Å². The molecule has 0 aliphatic heterocycles. The van der Waals surface area contributed by atoms with Crippen molar-refractivity contribution in [3.05, 3.63) is 51.7 Å². The van der Waals surface area contributed by atoms with Gasteiger partial charge in [-0.05, 0) is 71.3 Å². The minimum absolute atomic E-state index is 0.229. The van der Waals surface area contributed by atoms with E-state index in [2.05, 4.69) is 4.72 Å². The maximum absolute atomic E-state index is 12.5. The van der Waals surface area contributed by atoms with Crippen LogP contribution in [0.15, 0.2) is 39.9 Å². The molecule has 0 radical (unpaired) electrons. The summed E-state index contributed by atoms with van der Waals surface area (Å²) >= 11 is 1.57. The molecule has 2 aromatic rings. The molecular weight excluding hydrogens is 330 g/mol. The minimum Gasteiger partial charge on any atom is -0.375 e. The number of nitrogens with one attached hydrogen (secondary N) is 1. The molecule has 1 atom stereocenters. The SMILES string of the molecule is CO[C@H](CNS(=O)(=O)c1ccc2c(c1)CCCC2)c1ccsc1. The zero-order chi connectivity index (χ0) is 16.3. The van der Waals surface area contributed by atoms with Gasteiger partial charge in [0.05, 0.1) is 11.0 Å². The molecule has 124 valence electrons. The van der Waals surface area contributed by atoms with Crippen molar-refractivity contribution in [1.29, 1.82) is 0 Å². The lowest BCUT2D eigenvalue weighted by Gasteiger charge is -2.18. The molecule has 0 saturated carbocycles. The van der Waals surface area contributed by atoms with Crippen molar-refractivity contribution in [1.82, 2.24) is 4.72 Å². The maximum atomic E-state index is 12.5. The molecule has 1 aromatic carbocycles. The number of benzene rings is 1. The number of sulfonamides is 1. The Hall–Kier alpha value is -1.21. The number of aryl methyl sites for hydroxylation is 2. The molecule has 4 nitrogen and oxygen atoms in total. The van der Waals surface area contributed by atoms with Crippen molar-refractivity contribution < 1.29 is 13.2 Å². The summed E-state index contributed by atoms with van der Waals surface area (Å²) in [5, 5.41) is 3.93. The van der Waals surface area contributed by atoms with Crippen LogP contribution in [-0.4, -0.2) is 22.1 Å². The highest BCUT2D eigenvalue weighted by atomic mass is 32.2. The van der Waals surface area contributed by atoms with Gasteiger partial charge in [-0.25, -0.2) is 13.1 Å². The van der Waals surface area contributed by atoms with Crippen LogP contribution in [0.25, 0.3) is 0 Å². The minimum atomic E-state index is -3.52. The highest BCUT2D eigenvalue weighted by Gasteiger charge is 2.20. The van der Waals surface area contributed by atoms with Gasteiger partial charge in [-0.1, -0.05) is 6.07 Å². The quantitative estimate of drug-likeness (QED) is 0.869. The third-order valence-electron chi connectivity index (χ3n) is 4.29. The Bertz CT molecular complexity index is 754. The summed E-state index contributed by atoms with van der Waals surface area (Å²) in [7, 11) is -1.92. The molecule has 0 bridgehead atoms. The van der Waals surface area contributed by atoms with Crippen molar-refractivity contribution in [3.8, 4) is 0 Å². The smallest absolute Gasteiger partial charge is 0.240 e. The summed E-state index contributed by atoms with van der Waals surface area (Å²) in [6, 6.07) is 7.43. The van der Waals surface area contributed by atoms with Gasteiger partial charge in [0.1, 0.15) is 0 Å². The van der Waals surface area contributed by atoms with E-state index in [0.717, 1.165) is 24.8 Å². The Morgan fingerprint density at radius 1 is 1.22 bits per heavy atom. The number of thiophene rings is 1. The number of methoxy groups -OCH3 is 1. The Labute approximate surface area is 141 Å². The summed E-state index contributed by atoms with van der Waals surface area (Å²) in [5.41, 5.74) is 3.44. The molecule has 1 heterocycles. The summed E-state index contributed by atoms with van der Waals surface area (Å²) in [4.78, 5) is 0.346. The van der Waals surface area contributed by atoms with E-state index in [1.54, 1.807) is 24.5 Å². The molecule has 0 amide bonds. The monoisotopic (exact) mass is 351 g/mol. The zero-order valence-corrected chi connectivity index (χ0v) is 14.8. The Morgan fingerprint density at radius 3 is 2.70 bits per heavy atom. The first-order valence-electron chi connectivity index (χ1n) is 7.76. The lowest BCUT2D eigenvalue weighted by Crippen LogP contribution is -2.29. The number of rotatable bonds is 6. The van der Waals surface area contributed by atoms with E-state index in [-0.39, 0.29) is 12.6 Å². The predicted molar refractivity (Wildman–Crippen MR) is 92.3 cm³/mol. The predicted octanol–water partition coefficient (Wildman–Crippen LogP) is 3.29. The Balaban J connectivity index is 1.74. The average molecular weight is 351 g/mol. The van der Waals surface area contributed by atoms with E-state index in [4.69, 9.17) is 4.74 Å². The molecule has 0 fully saturated rings. The number of hydrogen-bond donors (Lipinski definition) is 1. The van der Waals surface area contributed by atoms with Crippen LogP contribution in [0.1, 0.15) is 35.6 Å². The van der Waals surface area contributed by atoms with Gasteiger partial charge in [0.15, 0.2) is 0 Å². The Morgan fingerprint density at radius 2 is 2.00 bits per heavy atom. The fraction of sp³-hybridized carbons (Fsp3) is 0.412. The topological polar surface area (TPSA) is 55.4 Å². The van der Waals surface area contributed by atoms with E-state index in [0.29, 0.717) is 4.90 Å². The molecule has 0 saturated heterocycles. The summed E-state index contributed by atoms with van der Waals surface area (Å²) in [6.45, 7) is 0.229. The lowest BCUT2D eigenvalue weighted by molar-refractivity contribution is 0.107. The van der Waals surface area contributed by atoms with Gasteiger partial charge in [-0.15, -0.1) is 0 Å². The summed E-state index contributed by atoms with van der Waals surface area (Å²) < 4.78 is 33.2. The highest BCUT2D eigenvalue weighted by Crippen LogP contribution is 2.24. The summed E-state index contributed by atoms with van der Waals surface area (Å²) in [5.74, 6) is 0. The molecule has 6 heteroatoms. The van der Waals surface area contributed by atoms with E-state index in [1.807, 2.05) is 29.0 Å². The zero-order valence-electron chi connectivity index (χ0n) is 13.1. The number of hydrogen-bond acceptors (Lipinski definition) is 4. The van der Waals surface area contributed by atoms with Crippen molar-refractivity contribution >= 4 is 21.4 Å².